The van der Waals surface area contributed by atoms with E-state index in [1.165, 1.54) is 35.8 Å². The van der Waals surface area contributed by atoms with Crippen molar-refractivity contribution in [1.29, 1.82) is 0 Å². The van der Waals surface area contributed by atoms with Gasteiger partial charge in [-0.25, -0.2) is 9.59 Å². The van der Waals surface area contributed by atoms with Gasteiger partial charge in [0.05, 0.1) is 19.5 Å². The van der Waals surface area contributed by atoms with Gasteiger partial charge in [-0.2, -0.15) is 0 Å². The highest BCUT2D eigenvalue weighted by atomic mass is 16.5. The topological polar surface area (TPSA) is 223 Å². The van der Waals surface area contributed by atoms with Gasteiger partial charge in [-0.1, -0.05) is 101 Å². The zero-order valence-corrected chi connectivity index (χ0v) is 36.2. The van der Waals surface area contributed by atoms with Crippen molar-refractivity contribution in [2.24, 2.45) is 11.8 Å². The Bertz CT molecular complexity index is 1960. The molecule has 0 bridgehead atoms. The highest BCUT2D eigenvalue weighted by Gasteiger charge is 2.43. The normalized spacial score (nSPS) is 17.8. The Hall–Kier alpha value is -6.00. The number of aliphatic carboxylic acids is 2. The molecule has 2 aliphatic carbocycles. The van der Waals surface area contributed by atoms with E-state index in [9.17, 15) is 43.5 Å². The number of hydrogen-bond donors (Lipinski definition) is 4. The average Bonchev–Trinajstić information content (AvgIpc) is 3.55. The molecule has 1 aliphatic heterocycles. The number of rotatable bonds is 19. The summed E-state index contributed by atoms with van der Waals surface area (Å²) in [5.74, 6) is -6.21. The summed E-state index contributed by atoms with van der Waals surface area (Å²) in [4.78, 5) is 109. The smallest absolute Gasteiger partial charge is 0.407 e. The molecule has 0 unspecified atom stereocenters. The van der Waals surface area contributed by atoms with Crippen LogP contribution in [-0.2, 0) is 38.3 Å². The number of nitrogens with zero attached hydrogens (tertiary/aromatic N) is 4. The van der Waals surface area contributed by atoms with Crippen LogP contribution >= 0.6 is 0 Å². The Kier molecular flexibility index (Phi) is 16.1. The monoisotopic (exact) mass is 860 g/mol. The van der Waals surface area contributed by atoms with E-state index in [-0.39, 0.29) is 37.5 Å². The number of likely N-dealkylation sites (tertiary alicyclic amines) is 1. The number of carbonyl (C=O) groups excluding carboxylic acids is 6. The molecule has 2 aromatic rings. The molecule has 3 aliphatic rings. The zero-order chi connectivity index (χ0) is 45.2. The van der Waals surface area contributed by atoms with Crippen molar-refractivity contribution in [3.63, 3.8) is 0 Å². The quantitative estimate of drug-likeness (QED) is 0.160. The molecule has 2 fully saturated rings. The SMILES string of the molecule is CC[C@H](C)[C@H](NC(=O)OCC1c2ccccc2-c2ccccc21)C(=O)N(C)CC(=O)N1CC[C@H]1C(=O)N(C)[C@@H](CC1CCCCC1)C(=O)N(C)CC(=O)N[C@@H](CC(=O)O)C(=O)O. The first-order valence-electron chi connectivity index (χ1n) is 21.4. The molecule has 1 heterocycles. The fourth-order valence-electron chi connectivity index (χ4n) is 8.72. The van der Waals surface area contributed by atoms with Crippen LogP contribution in [0.1, 0.15) is 88.7 Å². The maximum Gasteiger partial charge on any atom is 0.407 e. The number of fused-ring (bicyclic) bond motifs is 3. The number of hydrogen-bond acceptors (Lipinski definition) is 9. The van der Waals surface area contributed by atoms with Crippen LogP contribution in [0.3, 0.4) is 0 Å². The van der Waals surface area contributed by atoms with E-state index in [2.05, 4.69) is 10.6 Å². The number of benzene rings is 2. The van der Waals surface area contributed by atoms with Crippen molar-refractivity contribution < 1.29 is 53.3 Å². The largest absolute Gasteiger partial charge is 0.481 e. The van der Waals surface area contributed by atoms with Gasteiger partial charge < -0.3 is 45.2 Å². The predicted molar refractivity (Wildman–Crippen MR) is 226 cm³/mol. The van der Waals surface area contributed by atoms with Crippen molar-refractivity contribution >= 4 is 47.6 Å². The number of ether oxygens (including phenoxy) is 1. The summed E-state index contributed by atoms with van der Waals surface area (Å²) >= 11 is 0. The first-order chi connectivity index (χ1) is 29.5. The van der Waals surface area contributed by atoms with Crippen LogP contribution in [0.5, 0.6) is 0 Å². The Labute approximate surface area is 362 Å². The lowest BCUT2D eigenvalue weighted by atomic mass is 9.84. The Morgan fingerprint density at radius 3 is 1.95 bits per heavy atom. The third-order valence-corrected chi connectivity index (χ3v) is 12.6. The summed E-state index contributed by atoms with van der Waals surface area (Å²) in [5.41, 5.74) is 4.27. The van der Waals surface area contributed by atoms with Crippen LogP contribution < -0.4 is 10.6 Å². The molecule has 2 aromatic carbocycles. The van der Waals surface area contributed by atoms with Gasteiger partial charge in [-0.15, -0.1) is 0 Å². The fourth-order valence-corrected chi connectivity index (χ4v) is 8.72. The van der Waals surface area contributed by atoms with Crippen molar-refractivity contribution in [1.82, 2.24) is 30.2 Å². The maximum atomic E-state index is 14.1. The van der Waals surface area contributed by atoms with Gasteiger partial charge in [0, 0.05) is 33.6 Å². The van der Waals surface area contributed by atoms with Gasteiger partial charge in [-0.05, 0) is 46.9 Å². The number of amides is 6. The van der Waals surface area contributed by atoms with Gasteiger partial charge in [0.2, 0.25) is 29.5 Å². The predicted octanol–water partition coefficient (Wildman–Crippen LogP) is 3.30. The summed E-state index contributed by atoms with van der Waals surface area (Å²) < 4.78 is 5.73. The Morgan fingerprint density at radius 2 is 1.40 bits per heavy atom. The molecule has 17 heteroatoms. The molecule has 17 nitrogen and oxygen atoms in total. The standard InChI is InChI=1S/C45H60N6O11/c1-6-27(2)40(47-45(61)62-26-33-31-18-12-10-16-29(31)30-17-11-13-19-32(30)33)43(58)49(4)25-38(53)51-21-20-35(51)42(57)50(5)36(22-28-14-8-7-9-15-28)41(56)48(3)24-37(52)46-34(44(59)60)23-39(54)55/h10-13,16-19,27-28,33-36,40H,6-9,14-15,20-26H2,1-5H3,(H,46,52)(H,47,61)(H,54,55)(H,59,60)/t27-,34-,35-,36-,40-/m0/s1. The third kappa shape index (κ3) is 11.3. The number of nitrogens with one attached hydrogen (secondary N) is 2. The first-order valence-corrected chi connectivity index (χ1v) is 21.4. The second-order valence-electron chi connectivity index (χ2n) is 16.9. The minimum Gasteiger partial charge on any atom is -0.481 e. The molecule has 5 rings (SSSR count). The lowest BCUT2D eigenvalue weighted by molar-refractivity contribution is -0.158. The van der Waals surface area contributed by atoms with Gasteiger partial charge in [0.25, 0.3) is 0 Å². The van der Waals surface area contributed by atoms with Gasteiger partial charge in [0.15, 0.2) is 0 Å². The first kappa shape index (κ1) is 47.1. The number of carboxylic acids is 2. The van der Waals surface area contributed by atoms with Gasteiger partial charge in [-0.3, -0.25) is 28.8 Å². The second-order valence-corrected chi connectivity index (χ2v) is 16.9. The Morgan fingerprint density at radius 1 is 0.806 bits per heavy atom. The molecule has 336 valence electrons. The van der Waals surface area contributed by atoms with E-state index in [0.717, 1.165) is 59.3 Å². The van der Waals surface area contributed by atoms with Crippen LogP contribution in [0.15, 0.2) is 48.5 Å². The van der Waals surface area contributed by atoms with Gasteiger partial charge in [0.1, 0.15) is 30.8 Å². The third-order valence-electron chi connectivity index (χ3n) is 12.6. The number of carbonyl (C=O) groups is 8. The van der Waals surface area contributed by atoms with Crippen LogP contribution in [0.2, 0.25) is 0 Å². The Balaban J connectivity index is 1.20. The number of likely N-dealkylation sites (N-methyl/N-ethyl adjacent to an activating group) is 3. The minimum absolute atomic E-state index is 0.0644. The minimum atomic E-state index is -1.69. The molecule has 0 radical (unpaired) electrons. The number of carboxylic acid groups (broad SMARTS) is 2. The van der Waals surface area contributed by atoms with E-state index in [1.807, 2.05) is 62.4 Å². The highest BCUT2D eigenvalue weighted by Crippen LogP contribution is 2.44. The molecule has 0 spiro atoms. The zero-order valence-electron chi connectivity index (χ0n) is 36.2. The van der Waals surface area contributed by atoms with Crippen molar-refractivity contribution in [3.05, 3.63) is 59.7 Å². The molecule has 0 aromatic heterocycles. The fraction of sp³-hybridized carbons (Fsp3) is 0.556. The molecule has 4 N–H and O–H groups in total. The van der Waals surface area contributed by atoms with Crippen molar-refractivity contribution in [2.45, 2.75) is 102 Å². The summed E-state index contributed by atoms with van der Waals surface area (Å²) in [6.07, 6.45) is 4.29. The van der Waals surface area contributed by atoms with E-state index in [0.29, 0.717) is 19.3 Å². The summed E-state index contributed by atoms with van der Waals surface area (Å²) in [6, 6.07) is 11.3. The number of alkyl carbamates (subject to hydrolysis) is 1. The van der Waals surface area contributed by atoms with Crippen LogP contribution in [0, 0.1) is 11.8 Å². The molecule has 5 atom stereocenters. The van der Waals surface area contributed by atoms with E-state index in [4.69, 9.17) is 9.84 Å². The van der Waals surface area contributed by atoms with E-state index >= 15 is 0 Å². The van der Waals surface area contributed by atoms with E-state index in [1.54, 1.807) is 0 Å². The molecule has 1 saturated carbocycles. The molecule has 6 amide bonds. The summed E-state index contributed by atoms with van der Waals surface area (Å²) in [5, 5.41) is 23.3. The van der Waals surface area contributed by atoms with Crippen LogP contribution in [0.4, 0.5) is 4.79 Å². The van der Waals surface area contributed by atoms with Crippen molar-refractivity contribution in [2.75, 3.05) is 47.4 Å². The van der Waals surface area contributed by atoms with Gasteiger partial charge >= 0.3 is 18.0 Å². The maximum absolute atomic E-state index is 14.1. The van der Waals surface area contributed by atoms with Crippen LogP contribution in [-0.4, -0.2) is 149 Å². The molecular formula is C45H60N6O11. The highest BCUT2D eigenvalue weighted by molar-refractivity contribution is 5.96. The summed E-state index contributed by atoms with van der Waals surface area (Å²) in [6.45, 7) is 3.08. The molecule has 1 saturated heterocycles. The summed E-state index contributed by atoms with van der Waals surface area (Å²) in [7, 11) is 4.29. The molecular weight excluding hydrogens is 801 g/mol. The van der Waals surface area contributed by atoms with Crippen molar-refractivity contribution in [3.8, 4) is 11.1 Å². The average molecular weight is 861 g/mol. The lowest BCUT2D eigenvalue weighted by Crippen LogP contribution is -2.63. The second kappa shape index (κ2) is 21.2. The van der Waals surface area contributed by atoms with E-state index < -0.39 is 84.7 Å². The lowest BCUT2D eigenvalue weighted by Gasteiger charge is -2.44. The molecule has 62 heavy (non-hydrogen) atoms. The van der Waals surface area contributed by atoms with Crippen LogP contribution in [0.25, 0.3) is 11.1 Å².